The molecule has 0 spiro atoms. The van der Waals surface area contributed by atoms with Gasteiger partial charge in [-0.15, -0.1) is 0 Å². The lowest BCUT2D eigenvalue weighted by Gasteiger charge is -2.19. The van der Waals surface area contributed by atoms with Crippen LogP contribution in [0.3, 0.4) is 0 Å². The highest BCUT2D eigenvalue weighted by atomic mass is 16.3. The van der Waals surface area contributed by atoms with E-state index in [2.05, 4.69) is 165 Å². The monoisotopic (exact) mass is 836 g/mol. The number of aliphatic hydroxyl groups is 2. The number of carbonyl (C=O) groups excluding carboxylic acids is 1. The Morgan fingerprint density at radius 1 is 0.410 bits per heavy atom. The highest BCUT2D eigenvalue weighted by molar-refractivity contribution is 5.76. The molecule has 0 heterocycles. The van der Waals surface area contributed by atoms with Crippen LogP contribution in [-0.2, 0) is 4.79 Å². The molecule has 0 aromatic carbocycles. The van der Waals surface area contributed by atoms with Crippen LogP contribution in [0.2, 0.25) is 0 Å². The molecule has 0 saturated heterocycles. The molecular weight excluding hydrogens is 747 g/mol. The normalized spacial score (nSPS) is 14.4. The number of unbranched alkanes of at least 4 members (excludes halogenated alkanes) is 10. The summed E-state index contributed by atoms with van der Waals surface area (Å²) in [7, 11) is 0. The van der Waals surface area contributed by atoms with Gasteiger partial charge in [0.2, 0.25) is 5.91 Å². The van der Waals surface area contributed by atoms with Crippen LogP contribution in [0.4, 0.5) is 0 Å². The fraction of sp³-hybridized carbons (Fsp3) is 0.526. The van der Waals surface area contributed by atoms with Crippen LogP contribution in [0.15, 0.2) is 158 Å². The third-order valence-electron chi connectivity index (χ3n) is 9.74. The minimum atomic E-state index is -0.886. The zero-order chi connectivity index (χ0) is 44.2. The third kappa shape index (κ3) is 46.9. The largest absolute Gasteiger partial charge is 0.394 e. The van der Waals surface area contributed by atoms with Gasteiger partial charge in [-0.2, -0.15) is 0 Å². The molecule has 0 radical (unpaired) electrons. The van der Waals surface area contributed by atoms with E-state index < -0.39 is 12.1 Å². The van der Waals surface area contributed by atoms with E-state index in [1.54, 1.807) is 6.08 Å². The Bertz CT molecular complexity index is 1360. The quantitative estimate of drug-likeness (QED) is 0.0424. The van der Waals surface area contributed by atoms with E-state index >= 15 is 0 Å². The van der Waals surface area contributed by atoms with Crippen LogP contribution >= 0.6 is 0 Å². The standard InChI is InChI=1S/C57H89NO3/c1-3-5-7-9-11-13-15-17-18-19-20-21-22-23-24-25-26-27-28-29-30-31-32-33-34-35-36-37-38-39-40-41-43-45-47-49-51-53-57(61)58-55(54-59)56(60)52-50-48-46-44-42-16-14-12-10-8-6-4-2/h5,7,11,13,17-18,20-21,23-24,26-27,29-30,32-33,35-36,38-39,41-44,50,52,55-56,59-60H,3-4,6,8-10,12,14-16,19,22,25,28,31,34,37,40,45-49,51,53-54H2,1-2H3,(H,58,61)/b7-5-,13-11-,18-17-,21-20-,24-23-,27-26-,30-29-,33-32-,36-35-,39-38-,43-41-,44-42+,52-50+. The fourth-order valence-corrected chi connectivity index (χ4v) is 6.08. The molecule has 1 amide bonds. The molecule has 4 nitrogen and oxygen atoms in total. The highest BCUT2D eigenvalue weighted by Gasteiger charge is 2.17. The van der Waals surface area contributed by atoms with E-state index in [0.717, 1.165) is 116 Å². The summed E-state index contributed by atoms with van der Waals surface area (Å²) in [6.07, 6.45) is 82.2. The Morgan fingerprint density at radius 2 is 0.738 bits per heavy atom. The zero-order valence-electron chi connectivity index (χ0n) is 38.9. The number of allylic oxidation sites excluding steroid dienone is 25. The SMILES string of the molecule is CC/C=C\C/C=C\C/C=C\C/C=C\C/C=C\C/C=C\C/C=C\C/C=C\C/C=C\C/C=C\C/C=C\CCCCCC(=O)NC(CO)C(O)/C=C/CC/C=C/CCCCCCCC. The number of hydrogen-bond donors (Lipinski definition) is 3. The van der Waals surface area contributed by atoms with Gasteiger partial charge in [0.25, 0.3) is 0 Å². The summed E-state index contributed by atoms with van der Waals surface area (Å²) in [5.41, 5.74) is 0. The lowest BCUT2D eigenvalue weighted by Crippen LogP contribution is -2.45. The van der Waals surface area contributed by atoms with E-state index in [9.17, 15) is 15.0 Å². The Kier molecular flexibility index (Phi) is 47.1. The predicted molar refractivity (Wildman–Crippen MR) is 271 cm³/mol. The maximum atomic E-state index is 12.4. The summed E-state index contributed by atoms with van der Waals surface area (Å²) in [6.45, 7) is 4.12. The first-order valence-corrected chi connectivity index (χ1v) is 24.2. The van der Waals surface area contributed by atoms with Crippen LogP contribution in [0.5, 0.6) is 0 Å². The van der Waals surface area contributed by atoms with E-state index in [-0.39, 0.29) is 12.5 Å². The number of carbonyl (C=O) groups is 1. The van der Waals surface area contributed by atoms with Gasteiger partial charge in [-0.1, -0.05) is 210 Å². The van der Waals surface area contributed by atoms with Crippen LogP contribution in [0, 0.1) is 0 Å². The Morgan fingerprint density at radius 3 is 1.15 bits per heavy atom. The van der Waals surface area contributed by atoms with Gasteiger partial charge in [0.05, 0.1) is 18.8 Å². The van der Waals surface area contributed by atoms with Crippen molar-refractivity contribution in [3.8, 4) is 0 Å². The second-order valence-electron chi connectivity index (χ2n) is 15.4. The van der Waals surface area contributed by atoms with Crippen molar-refractivity contribution in [3.63, 3.8) is 0 Å². The first kappa shape index (κ1) is 57.0. The number of nitrogens with one attached hydrogen (secondary N) is 1. The maximum absolute atomic E-state index is 12.4. The molecular formula is C57H89NO3. The first-order valence-electron chi connectivity index (χ1n) is 24.2. The summed E-state index contributed by atoms with van der Waals surface area (Å²) in [6, 6.07) is -0.668. The van der Waals surface area contributed by atoms with Gasteiger partial charge in [-0.25, -0.2) is 0 Å². The van der Waals surface area contributed by atoms with Gasteiger partial charge in [-0.05, 0) is 116 Å². The fourth-order valence-electron chi connectivity index (χ4n) is 6.08. The van der Waals surface area contributed by atoms with Crippen molar-refractivity contribution in [1.82, 2.24) is 5.32 Å². The van der Waals surface area contributed by atoms with Gasteiger partial charge < -0.3 is 15.5 Å². The summed E-state index contributed by atoms with van der Waals surface area (Å²) in [4.78, 5) is 12.4. The first-order chi connectivity index (χ1) is 30.2. The topological polar surface area (TPSA) is 69.6 Å². The van der Waals surface area contributed by atoms with E-state index in [0.29, 0.717) is 6.42 Å². The molecule has 0 aliphatic heterocycles. The van der Waals surface area contributed by atoms with E-state index in [4.69, 9.17) is 0 Å². The average Bonchev–Trinajstić information content (AvgIpc) is 3.26. The molecule has 0 aliphatic carbocycles. The lowest BCUT2D eigenvalue weighted by atomic mass is 10.1. The molecule has 0 fully saturated rings. The number of rotatable bonds is 41. The van der Waals surface area contributed by atoms with Gasteiger partial charge in [0.15, 0.2) is 0 Å². The molecule has 2 atom stereocenters. The summed E-state index contributed by atoms with van der Waals surface area (Å²) in [5.74, 6) is -0.115. The number of amides is 1. The minimum Gasteiger partial charge on any atom is -0.394 e. The van der Waals surface area contributed by atoms with Crippen LogP contribution in [0.25, 0.3) is 0 Å². The summed E-state index contributed by atoms with van der Waals surface area (Å²) in [5, 5.41) is 22.9. The molecule has 0 aliphatic rings. The molecule has 340 valence electrons. The van der Waals surface area contributed by atoms with Crippen molar-refractivity contribution in [1.29, 1.82) is 0 Å². The van der Waals surface area contributed by atoms with Gasteiger partial charge in [0, 0.05) is 6.42 Å². The molecule has 3 N–H and O–H groups in total. The van der Waals surface area contributed by atoms with Crippen molar-refractivity contribution in [2.75, 3.05) is 6.61 Å². The number of aliphatic hydroxyl groups excluding tert-OH is 2. The molecule has 2 unspecified atom stereocenters. The molecule has 4 heteroatoms. The van der Waals surface area contributed by atoms with E-state index in [1.165, 1.54) is 38.5 Å². The second-order valence-corrected chi connectivity index (χ2v) is 15.4. The van der Waals surface area contributed by atoms with Gasteiger partial charge >= 0.3 is 0 Å². The van der Waals surface area contributed by atoms with Crippen LogP contribution in [0.1, 0.15) is 174 Å². The smallest absolute Gasteiger partial charge is 0.220 e. The Hall–Kier alpha value is -3.99. The Labute approximate surface area is 376 Å². The van der Waals surface area contributed by atoms with Crippen molar-refractivity contribution in [2.24, 2.45) is 0 Å². The van der Waals surface area contributed by atoms with Gasteiger partial charge in [0.1, 0.15) is 0 Å². The zero-order valence-corrected chi connectivity index (χ0v) is 38.9. The van der Waals surface area contributed by atoms with Crippen molar-refractivity contribution >= 4 is 5.91 Å². The van der Waals surface area contributed by atoms with Crippen molar-refractivity contribution < 1.29 is 15.0 Å². The lowest BCUT2D eigenvalue weighted by molar-refractivity contribution is -0.123. The molecule has 0 saturated carbocycles. The van der Waals surface area contributed by atoms with E-state index in [1.807, 2.05) is 6.08 Å². The molecule has 0 bridgehead atoms. The van der Waals surface area contributed by atoms with Crippen molar-refractivity contribution in [2.45, 2.75) is 187 Å². The Balaban J connectivity index is 3.77. The molecule has 0 aromatic rings. The van der Waals surface area contributed by atoms with Crippen LogP contribution < -0.4 is 5.32 Å². The molecule has 0 aromatic heterocycles. The molecule has 0 rings (SSSR count). The summed E-state index contributed by atoms with van der Waals surface area (Å²) < 4.78 is 0. The maximum Gasteiger partial charge on any atom is 0.220 e. The van der Waals surface area contributed by atoms with Crippen molar-refractivity contribution in [3.05, 3.63) is 158 Å². The minimum absolute atomic E-state index is 0.115. The average molecular weight is 836 g/mol. The van der Waals surface area contributed by atoms with Crippen LogP contribution in [-0.4, -0.2) is 34.9 Å². The summed E-state index contributed by atoms with van der Waals surface area (Å²) >= 11 is 0. The molecule has 61 heavy (non-hydrogen) atoms. The highest BCUT2D eigenvalue weighted by Crippen LogP contribution is 2.09. The second kappa shape index (κ2) is 50.4. The van der Waals surface area contributed by atoms with Gasteiger partial charge in [-0.3, -0.25) is 4.79 Å². The predicted octanol–water partition coefficient (Wildman–Crippen LogP) is 15.8. The third-order valence-corrected chi connectivity index (χ3v) is 9.74. The number of hydrogen-bond acceptors (Lipinski definition) is 3.